The Labute approximate surface area is 146 Å². The van der Waals surface area contributed by atoms with Crippen LogP contribution in [0.15, 0.2) is 0 Å². The molecule has 3 N–H and O–H groups in total. The molecule has 5 fully saturated rings. The van der Waals surface area contributed by atoms with E-state index in [1.54, 1.807) is 0 Å². The summed E-state index contributed by atoms with van der Waals surface area (Å²) < 4.78 is 0. The van der Waals surface area contributed by atoms with E-state index in [2.05, 4.69) is 20.8 Å². The molecule has 0 heterocycles. The molecule has 0 radical (unpaired) electrons. The van der Waals surface area contributed by atoms with Crippen molar-refractivity contribution in [2.75, 3.05) is 6.61 Å². The van der Waals surface area contributed by atoms with E-state index >= 15 is 0 Å². The Morgan fingerprint density at radius 1 is 1.00 bits per heavy atom. The molecule has 1 unspecified atom stereocenters. The molecule has 0 aliphatic heterocycles. The molecule has 2 bridgehead atoms. The summed E-state index contributed by atoms with van der Waals surface area (Å²) in [6.07, 6.45) is 8.55. The van der Waals surface area contributed by atoms with Gasteiger partial charge in [-0.15, -0.1) is 0 Å². The van der Waals surface area contributed by atoms with Gasteiger partial charge in [-0.1, -0.05) is 20.8 Å². The van der Waals surface area contributed by atoms with Crippen LogP contribution in [-0.2, 0) is 0 Å². The van der Waals surface area contributed by atoms with E-state index in [0.717, 1.165) is 25.7 Å². The largest absolute Gasteiger partial charge is 0.394 e. The topological polar surface area (TPSA) is 60.7 Å². The van der Waals surface area contributed by atoms with Crippen LogP contribution in [0.3, 0.4) is 0 Å². The molecule has 1 spiro atoms. The summed E-state index contributed by atoms with van der Waals surface area (Å²) >= 11 is 0. The Morgan fingerprint density at radius 2 is 1.71 bits per heavy atom. The molecule has 138 valence electrons. The van der Waals surface area contributed by atoms with Gasteiger partial charge in [0.25, 0.3) is 0 Å². The fraction of sp³-hybridized carbons (Fsp3) is 1.00. The van der Waals surface area contributed by atoms with Crippen molar-refractivity contribution in [3.05, 3.63) is 0 Å². The van der Waals surface area contributed by atoms with E-state index in [9.17, 15) is 15.3 Å². The lowest BCUT2D eigenvalue weighted by Gasteiger charge is -2.70. The normalized spacial score (nSPS) is 54.0. The molecule has 8 atom stereocenters. The lowest BCUT2D eigenvalue weighted by atomic mass is 9.35. The van der Waals surface area contributed by atoms with Gasteiger partial charge in [0.15, 0.2) is 0 Å². The summed E-state index contributed by atoms with van der Waals surface area (Å²) in [6, 6.07) is 0. The summed E-state index contributed by atoms with van der Waals surface area (Å²) in [6.45, 7) is 7.13. The maximum absolute atomic E-state index is 11.1. The fourth-order valence-electron chi connectivity index (χ4n) is 8.16. The number of hydrogen-bond acceptors (Lipinski definition) is 3. The Hall–Kier alpha value is -0.120. The first kappa shape index (κ1) is 17.3. The second-order valence-corrected chi connectivity index (χ2v) is 10.6. The fourth-order valence-corrected chi connectivity index (χ4v) is 8.16. The molecule has 0 aromatic carbocycles. The number of rotatable bonds is 2. The Bertz CT molecular complexity index is 503. The Balaban J connectivity index is 1.70. The summed E-state index contributed by atoms with van der Waals surface area (Å²) in [4.78, 5) is 0. The highest BCUT2D eigenvalue weighted by atomic mass is 16.3. The van der Waals surface area contributed by atoms with E-state index in [0.29, 0.717) is 28.6 Å². The second-order valence-electron chi connectivity index (χ2n) is 10.6. The lowest BCUT2D eigenvalue weighted by Crippen LogP contribution is -2.65. The molecule has 3 heteroatoms. The van der Waals surface area contributed by atoms with Gasteiger partial charge in [0, 0.05) is 5.41 Å². The highest BCUT2D eigenvalue weighted by Gasteiger charge is 2.66. The number of aliphatic hydroxyl groups is 3. The van der Waals surface area contributed by atoms with Crippen LogP contribution in [0.4, 0.5) is 0 Å². The minimum atomic E-state index is -0.550. The first-order valence-corrected chi connectivity index (χ1v) is 10.2. The second kappa shape index (κ2) is 5.44. The summed E-state index contributed by atoms with van der Waals surface area (Å²) in [5.41, 5.74) is 0.666. The number of fused-ring (bicyclic) bond motifs is 3. The molecule has 5 saturated carbocycles. The number of hydrogen-bond donors (Lipinski definition) is 3. The predicted octanol–water partition coefficient (Wildman–Crippen LogP) is 3.36. The summed E-state index contributed by atoms with van der Waals surface area (Å²) in [5, 5.41) is 30.9. The van der Waals surface area contributed by atoms with Gasteiger partial charge < -0.3 is 15.3 Å². The van der Waals surface area contributed by atoms with Crippen molar-refractivity contribution in [2.24, 2.45) is 39.9 Å². The zero-order valence-electron chi connectivity index (χ0n) is 15.7. The van der Waals surface area contributed by atoms with E-state index in [-0.39, 0.29) is 24.0 Å². The minimum Gasteiger partial charge on any atom is -0.394 e. The van der Waals surface area contributed by atoms with E-state index in [4.69, 9.17) is 0 Å². The highest BCUT2D eigenvalue weighted by Crippen LogP contribution is 2.72. The lowest BCUT2D eigenvalue weighted by molar-refractivity contribution is -0.238. The standard InChI is InChI=1S/C21H36O3/c1-19(2)7-6-18(24)20(3)16(19)5-9-21-8-4-13(10-17(20)21)14(11-21)15(23)12-22/h13-18,22-24H,4-12H2,1-3H3/t13-,14?,15-,16+,17-,18-,20+,21+/m0/s1. The van der Waals surface area contributed by atoms with Gasteiger partial charge >= 0.3 is 0 Å². The molecular formula is C21H36O3. The highest BCUT2D eigenvalue weighted by molar-refractivity contribution is 5.15. The smallest absolute Gasteiger partial charge is 0.0801 e. The van der Waals surface area contributed by atoms with Crippen LogP contribution in [0.1, 0.15) is 72.1 Å². The van der Waals surface area contributed by atoms with Gasteiger partial charge in [0.1, 0.15) is 0 Å². The quantitative estimate of drug-likeness (QED) is 0.724. The Morgan fingerprint density at radius 3 is 2.42 bits per heavy atom. The van der Waals surface area contributed by atoms with Crippen molar-refractivity contribution in [3.63, 3.8) is 0 Å². The zero-order chi connectivity index (χ0) is 17.3. The van der Waals surface area contributed by atoms with Crippen molar-refractivity contribution in [1.82, 2.24) is 0 Å². The van der Waals surface area contributed by atoms with Crippen LogP contribution in [0.2, 0.25) is 0 Å². The predicted molar refractivity (Wildman–Crippen MR) is 94.3 cm³/mol. The van der Waals surface area contributed by atoms with Gasteiger partial charge in [-0.3, -0.25) is 0 Å². The maximum Gasteiger partial charge on any atom is 0.0801 e. The average Bonchev–Trinajstić information content (AvgIpc) is 2.57. The van der Waals surface area contributed by atoms with E-state index < -0.39 is 6.10 Å². The van der Waals surface area contributed by atoms with Crippen LogP contribution >= 0.6 is 0 Å². The minimum absolute atomic E-state index is 0.0355. The van der Waals surface area contributed by atoms with Crippen LogP contribution in [-0.4, -0.2) is 34.1 Å². The third-order valence-electron chi connectivity index (χ3n) is 9.38. The summed E-state index contributed by atoms with van der Waals surface area (Å²) in [7, 11) is 0. The van der Waals surface area contributed by atoms with E-state index in [1.807, 2.05) is 0 Å². The monoisotopic (exact) mass is 336 g/mol. The molecule has 3 nitrogen and oxygen atoms in total. The molecule has 0 aromatic heterocycles. The van der Waals surface area contributed by atoms with Crippen molar-refractivity contribution in [3.8, 4) is 0 Å². The van der Waals surface area contributed by atoms with Gasteiger partial charge in [-0.05, 0) is 85.9 Å². The molecule has 0 aromatic rings. The maximum atomic E-state index is 11.1. The first-order chi connectivity index (χ1) is 11.2. The molecule has 5 rings (SSSR count). The molecule has 24 heavy (non-hydrogen) atoms. The summed E-state index contributed by atoms with van der Waals surface area (Å²) in [5.74, 6) is 2.02. The third kappa shape index (κ3) is 2.13. The van der Waals surface area contributed by atoms with Crippen molar-refractivity contribution < 1.29 is 15.3 Å². The van der Waals surface area contributed by atoms with Crippen molar-refractivity contribution in [2.45, 2.75) is 84.3 Å². The van der Waals surface area contributed by atoms with Crippen LogP contribution < -0.4 is 0 Å². The molecule has 0 saturated heterocycles. The molecule has 0 amide bonds. The Kier molecular flexibility index (Phi) is 3.92. The van der Waals surface area contributed by atoms with Crippen molar-refractivity contribution in [1.29, 1.82) is 0 Å². The van der Waals surface area contributed by atoms with E-state index in [1.165, 1.54) is 25.7 Å². The number of aliphatic hydroxyl groups excluding tert-OH is 3. The first-order valence-electron chi connectivity index (χ1n) is 10.2. The van der Waals surface area contributed by atoms with Gasteiger partial charge in [-0.2, -0.15) is 0 Å². The van der Waals surface area contributed by atoms with Gasteiger partial charge in [0.05, 0.1) is 18.8 Å². The van der Waals surface area contributed by atoms with Gasteiger partial charge in [-0.25, -0.2) is 0 Å². The zero-order valence-corrected chi connectivity index (χ0v) is 15.7. The molecular weight excluding hydrogens is 300 g/mol. The molecule has 5 aliphatic rings. The average molecular weight is 337 g/mol. The SMILES string of the molecule is CC1(C)CC[C@H](O)[C@]2(C)[C@@H]1CC[C@@]13CC[C@@H](C[C@H]12)C([C@@H](O)CO)C3. The van der Waals surface area contributed by atoms with Crippen LogP contribution in [0, 0.1) is 39.9 Å². The third-order valence-corrected chi connectivity index (χ3v) is 9.38. The van der Waals surface area contributed by atoms with Crippen LogP contribution in [0.25, 0.3) is 0 Å². The van der Waals surface area contributed by atoms with Crippen molar-refractivity contribution >= 4 is 0 Å². The molecule has 5 aliphatic carbocycles. The van der Waals surface area contributed by atoms with Gasteiger partial charge in [0.2, 0.25) is 0 Å². The van der Waals surface area contributed by atoms with Crippen LogP contribution in [0.5, 0.6) is 0 Å².